The molecule has 1 heterocycles. The monoisotopic (exact) mass is 750 g/mol. The predicted octanol–water partition coefficient (Wildman–Crippen LogP) is 10.8. The summed E-state index contributed by atoms with van der Waals surface area (Å²) in [6, 6.07) is 55.1. The molecule has 0 spiro atoms. The summed E-state index contributed by atoms with van der Waals surface area (Å²) in [5.74, 6) is 3.03. The maximum absolute atomic E-state index is 11.5. The number of aliphatic hydroxyl groups excluding tert-OH is 1. The van der Waals surface area contributed by atoms with E-state index in [2.05, 4.69) is 83.8 Å². The van der Waals surface area contributed by atoms with Gasteiger partial charge >= 0.3 is 0 Å². The van der Waals surface area contributed by atoms with E-state index in [4.69, 9.17) is 23.9 Å². The zero-order chi connectivity index (χ0) is 38.8. The number of methoxy groups -OCH3 is 2. The highest BCUT2D eigenvalue weighted by molar-refractivity contribution is 6.23. The number of benzene rings is 8. The van der Waals surface area contributed by atoms with E-state index >= 15 is 0 Å². The summed E-state index contributed by atoms with van der Waals surface area (Å²) < 4.78 is 24.3. The van der Waals surface area contributed by atoms with Crippen molar-refractivity contribution in [1.29, 1.82) is 0 Å². The fourth-order valence-electron chi connectivity index (χ4n) is 8.04. The van der Waals surface area contributed by atoms with Crippen LogP contribution in [0.25, 0.3) is 54.7 Å². The molecule has 0 aliphatic heterocycles. The lowest BCUT2D eigenvalue weighted by Crippen LogP contribution is -2.36. The summed E-state index contributed by atoms with van der Waals surface area (Å²) in [5.41, 5.74) is 4.68. The highest BCUT2D eigenvalue weighted by Crippen LogP contribution is 2.42. The molecule has 0 saturated carbocycles. The molecule has 8 aromatic carbocycles. The lowest BCUT2D eigenvalue weighted by molar-refractivity contribution is -0.0427. The standard InChI is InChI=1S/C50H42N2O5/c1-54-37-24-20-34(21-25-37)50(33-12-4-3-5-13-33,35-22-26-38(55-2)27-23-35)57-32-36(53)30-31-56-46-29-28-45(41-16-6-9-17-42(41)46)49-51-47-43-18-10-7-14-39(43)40-15-8-11-19-44(40)48(47)52-49/h3-29,36,53H,30-32H2,1-2H3,(H,51,52). The van der Waals surface area contributed by atoms with Crippen molar-refractivity contribution in [2.45, 2.75) is 18.1 Å². The number of aromatic amines is 1. The van der Waals surface area contributed by atoms with Crippen LogP contribution < -0.4 is 14.2 Å². The summed E-state index contributed by atoms with van der Waals surface area (Å²) in [6.07, 6.45) is -0.453. The summed E-state index contributed by atoms with van der Waals surface area (Å²) in [5, 5.41) is 18.1. The Morgan fingerprint density at radius 2 is 1.09 bits per heavy atom. The Bertz CT molecular complexity index is 2700. The van der Waals surface area contributed by atoms with Gasteiger partial charge in [0.25, 0.3) is 0 Å². The zero-order valence-electron chi connectivity index (χ0n) is 31.8. The normalized spacial score (nSPS) is 12.3. The second-order valence-corrected chi connectivity index (χ2v) is 14.2. The number of aromatic nitrogens is 2. The van der Waals surface area contributed by atoms with Gasteiger partial charge < -0.3 is 29.0 Å². The first-order chi connectivity index (χ1) is 28.1. The molecular weight excluding hydrogens is 709 g/mol. The van der Waals surface area contributed by atoms with Gasteiger partial charge in [0.1, 0.15) is 28.7 Å². The maximum Gasteiger partial charge on any atom is 0.143 e. The number of aliphatic hydroxyl groups is 1. The quantitative estimate of drug-likeness (QED) is 0.0901. The first-order valence-electron chi connectivity index (χ1n) is 19.2. The van der Waals surface area contributed by atoms with E-state index in [-0.39, 0.29) is 6.61 Å². The second kappa shape index (κ2) is 15.5. The molecule has 0 saturated heterocycles. The van der Waals surface area contributed by atoms with Gasteiger partial charge in [0.05, 0.1) is 44.6 Å². The van der Waals surface area contributed by atoms with E-state index in [0.29, 0.717) is 13.0 Å². The topological polar surface area (TPSA) is 85.8 Å². The minimum Gasteiger partial charge on any atom is -0.497 e. The number of H-pyrrole nitrogens is 1. The first-order valence-corrected chi connectivity index (χ1v) is 19.2. The third kappa shape index (κ3) is 6.61. The minimum atomic E-state index is -1.02. The molecular formula is C50H42N2O5. The van der Waals surface area contributed by atoms with Crippen LogP contribution in [0, 0.1) is 0 Å². The van der Waals surface area contributed by atoms with Gasteiger partial charge in [-0.2, -0.15) is 0 Å². The summed E-state index contributed by atoms with van der Waals surface area (Å²) in [6.45, 7) is 0.352. The van der Waals surface area contributed by atoms with Crippen molar-refractivity contribution in [2.24, 2.45) is 0 Å². The average molecular weight is 751 g/mol. The molecule has 1 atom stereocenters. The van der Waals surface area contributed by atoms with Crippen LogP contribution in [0.5, 0.6) is 17.2 Å². The molecule has 0 amide bonds. The highest BCUT2D eigenvalue weighted by atomic mass is 16.5. The molecule has 2 N–H and O–H groups in total. The van der Waals surface area contributed by atoms with Crippen molar-refractivity contribution in [3.63, 3.8) is 0 Å². The molecule has 0 aliphatic rings. The predicted molar refractivity (Wildman–Crippen MR) is 228 cm³/mol. The molecule has 0 radical (unpaired) electrons. The maximum atomic E-state index is 11.5. The van der Waals surface area contributed by atoms with Gasteiger partial charge in [0.2, 0.25) is 0 Å². The molecule has 1 unspecified atom stereocenters. The Hall–Kier alpha value is -6.67. The highest BCUT2D eigenvalue weighted by Gasteiger charge is 2.38. The van der Waals surface area contributed by atoms with Gasteiger partial charge in [-0.1, -0.05) is 127 Å². The van der Waals surface area contributed by atoms with Crippen LogP contribution in [0.4, 0.5) is 0 Å². The van der Waals surface area contributed by atoms with Crippen LogP contribution in [0.15, 0.2) is 164 Å². The molecule has 0 fully saturated rings. The molecule has 0 aliphatic carbocycles. The van der Waals surface area contributed by atoms with Gasteiger partial charge in [-0.25, -0.2) is 4.98 Å². The average Bonchev–Trinajstić information content (AvgIpc) is 3.73. The minimum absolute atomic E-state index is 0.0609. The molecule has 1 aromatic heterocycles. The SMILES string of the molecule is COc1ccc(C(OCC(O)CCOc2ccc(-c3nc4c5ccccc5c5ccccc5c4[nH]3)c3ccccc23)(c2ccccc2)c2ccc(OC)cc2)cc1. The number of hydrogen-bond donors (Lipinski definition) is 2. The third-order valence-electron chi connectivity index (χ3n) is 10.9. The third-order valence-corrected chi connectivity index (χ3v) is 10.9. The molecule has 57 heavy (non-hydrogen) atoms. The molecule has 0 bridgehead atoms. The Labute approximate surface area is 331 Å². The smallest absolute Gasteiger partial charge is 0.143 e. The Morgan fingerprint density at radius 1 is 0.561 bits per heavy atom. The number of imidazole rings is 1. The van der Waals surface area contributed by atoms with E-state index in [0.717, 1.165) is 77.9 Å². The summed E-state index contributed by atoms with van der Waals surface area (Å²) >= 11 is 0. The number of ether oxygens (including phenoxy) is 4. The zero-order valence-corrected chi connectivity index (χ0v) is 31.8. The van der Waals surface area contributed by atoms with E-state index in [1.165, 1.54) is 10.8 Å². The van der Waals surface area contributed by atoms with Crippen molar-refractivity contribution in [3.8, 4) is 28.6 Å². The molecule has 7 nitrogen and oxygen atoms in total. The first kappa shape index (κ1) is 36.0. The van der Waals surface area contributed by atoms with E-state index < -0.39 is 11.7 Å². The van der Waals surface area contributed by atoms with Crippen LogP contribution in [-0.2, 0) is 10.3 Å². The van der Waals surface area contributed by atoms with Gasteiger partial charge in [-0.05, 0) is 69.2 Å². The van der Waals surface area contributed by atoms with Crippen molar-refractivity contribution >= 4 is 43.4 Å². The summed E-state index contributed by atoms with van der Waals surface area (Å²) in [7, 11) is 3.30. The Balaban J connectivity index is 0.978. The van der Waals surface area contributed by atoms with Gasteiger partial charge in [0, 0.05) is 28.1 Å². The van der Waals surface area contributed by atoms with Crippen LogP contribution in [0.2, 0.25) is 0 Å². The van der Waals surface area contributed by atoms with E-state index in [1.54, 1.807) is 14.2 Å². The van der Waals surface area contributed by atoms with Crippen LogP contribution in [-0.4, -0.2) is 48.6 Å². The van der Waals surface area contributed by atoms with Crippen molar-refractivity contribution in [3.05, 3.63) is 180 Å². The number of hydrogen-bond acceptors (Lipinski definition) is 6. The number of rotatable bonds is 13. The van der Waals surface area contributed by atoms with Gasteiger partial charge in [-0.3, -0.25) is 0 Å². The lowest BCUT2D eigenvalue weighted by Gasteiger charge is -2.36. The van der Waals surface area contributed by atoms with E-state index in [9.17, 15) is 5.11 Å². The van der Waals surface area contributed by atoms with Gasteiger partial charge in [0.15, 0.2) is 0 Å². The van der Waals surface area contributed by atoms with E-state index in [1.807, 2.05) is 84.9 Å². The van der Waals surface area contributed by atoms with Crippen molar-refractivity contribution in [1.82, 2.24) is 9.97 Å². The van der Waals surface area contributed by atoms with Crippen molar-refractivity contribution in [2.75, 3.05) is 27.4 Å². The second-order valence-electron chi connectivity index (χ2n) is 14.2. The lowest BCUT2D eigenvalue weighted by atomic mass is 9.80. The number of nitrogens with one attached hydrogen (secondary N) is 1. The van der Waals surface area contributed by atoms with Crippen LogP contribution in [0.3, 0.4) is 0 Å². The van der Waals surface area contributed by atoms with Gasteiger partial charge in [-0.15, -0.1) is 0 Å². The molecule has 9 rings (SSSR count). The number of nitrogens with zero attached hydrogens (tertiary/aromatic N) is 1. The summed E-state index contributed by atoms with van der Waals surface area (Å²) in [4.78, 5) is 8.87. The van der Waals surface area contributed by atoms with Crippen molar-refractivity contribution < 1.29 is 24.1 Å². The number of fused-ring (bicyclic) bond motifs is 7. The molecule has 7 heteroatoms. The largest absolute Gasteiger partial charge is 0.497 e. The Morgan fingerprint density at radius 3 is 1.72 bits per heavy atom. The molecule has 9 aromatic rings. The Kier molecular flexibility index (Phi) is 9.76. The van der Waals surface area contributed by atoms with Crippen LogP contribution in [0.1, 0.15) is 23.1 Å². The fraction of sp³-hybridized carbons (Fsp3) is 0.140. The molecule has 282 valence electrons. The fourth-order valence-corrected chi connectivity index (χ4v) is 8.04. The van der Waals surface area contributed by atoms with Crippen LogP contribution >= 0.6 is 0 Å².